The van der Waals surface area contributed by atoms with E-state index in [2.05, 4.69) is 0 Å². The molecule has 4 rings (SSSR count). The van der Waals surface area contributed by atoms with E-state index in [0.717, 1.165) is 31.5 Å². The average Bonchev–Trinajstić information content (AvgIpc) is 3.28. The summed E-state index contributed by atoms with van der Waals surface area (Å²) in [5.41, 5.74) is 0.618. The second-order valence-electron chi connectivity index (χ2n) is 7.43. The molecule has 2 amide bonds. The lowest BCUT2D eigenvalue weighted by molar-refractivity contribution is -0.149. The van der Waals surface area contributed by atoms with Gasteiger partial charge in [0.1, 0.15) is 0 Å². The van der Waals surface area contributed by atoms with Crippen LogP contribution in [-0.4, -0.2) is 47.4 Å². The third kappa shape index (κ3) is 2.51. The number of hydrogen-bond acceptors (Lipinski definition) is 3. The highest BCUT2D eigenvalue weighted by Crippen LogP contribution is 2.49. The summed E-state index contributed by atoms with van der Waals surface area (Å²) in [7, 11) is 0. The molecule has 2 heterocycles. The molecule has 132 valence electrons. The Kier molecular flexibility index (Phi) is 3.78. The van der Waals surface area contributed by atoms with Gasteiger partial charge in [-0.2, -0.15) is 0 Å². The Labute approximate surface area is 146 Å². The zero-order valence-corrected chi connectivity index (χ0v) is 14.1. The summed E-state index contributed by atoms with van der Waals surface area (Å²) in [6, 6.07) is 7.09. The van der Waals surface area contributed by atoms with Crippen molar-refractivity contribution < 1.29 is 19.5 Å². The molecular weight excluding hydrogens is 320 g/mol. The van der Waals surface area contributed by atoms with E-state index < -0.39 is 11.4 Å². The predicted molar refractivity (Wildman–Crippen MR) is 91.3 cm³/mol. The molecule has 3 fully saturated rings. The molecule has 3 aliphatic rings. The first-order chi connectivity index (χ1) is 12.0. The van der Waals surface area contributed by atoms with Gasteiger partial charge in [-0.15, -0.1) is 0 Å². The van der Waals surface area contributed by atoms with Crippen molar-refractivity contribution in [3.8, 4) is 0 Å². The first kappa shape index (κ1) is 16.1. The van der Waals surface area contributed by atoms with Crippen LogP contribution in [0.25, 0.3) is 0 Å². The van der Waals surface area contributed by atoms with Crippen molar-refractivity contribution in [2.75, 3.05) is 24.5 Å². The van der Waals surface area contributed by atoms with E-state index in [1.165, 1.54) is 0 Å². The van der Waals surface area contributed by atoms with Crippen LogP contribution in [0.5, 0.6) is 0 Å². The molecule has 2 saturated heterocycles. The lowest BCUT2D eigenvalue weighted by atomic mass is 9.81. The zero-order valence-electron chi connectivity index (χ0n) is 14.1. The molecule has 0 aromatic heterocycles. The van der Waals surface area contributed by atoms with E-state index in [0.29, 0.717) is 31.5 Å². The Morgan fingerprint density at radius 2 is 1.92 bits per heavy atom. The van der Waals surface area contributed by atoms with E-state index in [4.69, 9.17) is 0 Å². The number of carbonyl (C=O) groups is 3. The van der Waals surface area contributed by atoms with E-state index in [1.54, 1.807) is 34.1 Å². The highest BCUT2D eigenvalue weighted by atomic mass is 16.4. The number of fused-ring (bicyclic) bond motifs is 1. The number of carboxylic acid groups (broad SMARTS) is 1. The van der Waals surface area contributed by atoms with E-state index in [1.807, 2.05) is 0 Å². The van der Waals surface area contributed by atoms with Crippen molar-refractivity contribution in [1.82, 2.24) is 4.90 Å². The molecule has 1 N–H and O–H groups in total. The topological polar surface area (TPSA) is 77.9 Å². The maximum Gasteiger partial charge on any atom is 0.311 e. The van der Waals surface area contributed by atoms with Crippen LogP contribution in [0.2, 0.25) is 0 Å². The fraction of sp³-hybridized carbons (Fsp3) is 0.526. The molecule has 0 spiro atoms. The zero-order chi connectivity index (χ0) is 17.6. The Balaban J connectivity index is 1.50. The molecule has 1 saturated carbocycles. The van der Waals surface area contributed by atoms with E-state index in [-0.39, 0.29) is 17.7 Å². The summed E-state index contributed by atoms with van der Waals surface area (Å²) in [4.78, 5) is 39.8. The largest absolute Gasteiger partial charge is 0.481 e. The van der Waals surface area contributed by atoms with Crippen LogP contribution in [0, 0.1) is 11.3 Å². The highest BCUT2D eigenvalue weighted by Gasteiger charge is 2.55. The fourth-order valence-electron chi connectivity index (χ4n) is 4.68. The Hall–Kier alpha value is -2.37. The number of carboxylic acids is 1. The van der Waals surface area contributed by atoms with Gasteiger partial charge in [-0.3, -0.25) is 14.4 Å². The van der Waals surface area contributed by atoms with Crippen molar-refractivity contribution in [3.05, 3.63) is 29.8 Å². The number of hydrogen-bond donors (Lipinski definition) is 1. The summed E-state index contributed by atoms with van der Waals surface area (Å²) in [5.74, 6) is -0.701. The summed E-state index contributed by atoms with van der Waals surface area (Å²) in [6.45, 7) is 1.55. The standard InChI is InChI=1S/C19H22N2O4/c22-16-4-2-10-21(16)15-7-5-13(6-8-15)17(23)20-11-14-3-1-9-19(14,12-20)18(24)25/h5-8,14H,1-4,9-12H2,(H,24,25)/t14-,19+/m0/s1. The molecule has 6 heteroatoms. The number of anilines is 1. The monoisotopic (exact) mass is 342 g/mol. The van der Waals surface area contributed by atoms with Gasteiger partial charge < -0.3 is 14.9 Å². The summed E-state index contributed by atoms with van der Waals surface area (Å²) < 4.78 is 0. The quantitative estimate of drug-likeness (QED) is 0.913. The molecule has 1 aromatic rings. The number of likely N-dealkylation sites (tertiary alicyclic amines) is 1. The second-order valence-corrected chi connectivity index (χ2v) is 7.43. The van der Waals surface area contributed by atoms with Crippen LogP contribution in [0.1, 0.15) is 42.5 Å². The molecule has 0 radical (unpaired) electrons. The number of rotatable bonds is 3. The third-order valence-electron chi connectivity index (χ3n) is 6.08. The minimum Gasteiger partial charge on any atom is -0.481 e. The van der Waals surface area contributed by atoms with Gasteiger partial charge in [-0.25, -0.2) is 0 Å². The summed E-state index contributed by atoms with van der Waals surface area (Å²) >= 11 is 0. The Morgan fingerprint density at radius 3 is 2.52 bits per heavy atom. The van der Waals surface area contributed by atoms with Crippen molar-refractivity contribution in [2.45, 2.75) is 32.1 Å². The van der Waals surface area contributed by atoms with E-state index >= 15 is 0 Å². The van der Waals surface area contributed by atoms with Crippen molar-refractivity contribution in [3.63, 3.8) is 0 Å². The molecule has 25 heavy (non-hydrogen) atoms. The normalized spacial score (nSPS) is 28.5. The van der Waals surface area contributed by atoms with Crippen LogP contribution in [0.4, 0.5) is 5.69 Å². The predicted octanol–water partition coefficient (Wildman–Crippen LogP) is 2.14. The number of carbonyl (C=O) groups excluding carboxylic acids is 2. The van der Waals surface area contributed by atoms with Crippen molar-refractivity contribution in [2.24, 2.45) is 11.3 Å². The minimum atomic E-state index is -0.770. The van der Waals surface area contributed by atoms with Gasteiger partial charge in [0.15, 0.2) is 0 Å². The van der Waals surface area contributed by atoms with Gasteiger partial charge in [-0.1, -0.05) is 6.42 Å². The third-order valence-corrected chi connectivity index (χ3v) is 6.08. The van der Waals surface area contributed by atoms with Crippen LogP contribution in [0.3, 0.4) is 0 Å². The van der Waals surface area contributed by atoms with Crippen LogP contribution < -0.4 is 4.90 Å². The lowest BCUT2D eigenvalue weighted by Crippen LogP contribution is -2.37. The molecule has 2 atom stereocenters. The number of nitrogens with zero attached hydrogens (tertiary/aromatic N) is 2. The maximum atomic E-state index is 12.8. The van der Waals surface area contributed by atoms with Crippen molar-refractivity contribution >= 4 is 23.5 Å². The summed E-state index contributed by atoms with van der Waals surface area (Å²) in [5, 5.41) is 9.65. The Bertz CT molecular complexity index is 729. The number of benzene rings is 1. The van der Waals surface area contributed by atoms with Gasteiger partial charge in [0, 0.05) is 37.3 Å². The molecule has 0 unspecified atom stereocenters. The first-order valence-electron chi connectivity index (χ1n) is 8.94. The smallest absolute Gasteiger partial charge is 0.311 e. The summed E-state index contributed by atoms with van der Waals surface area (Å²) in [6.07, 6.45) is 3.91. The number of aliphatic carboxylic acids is 1. The second kappa shape index (κ2) is 5.86. The highest BCUT2D eigenvalue weighted by molar-refractivity contribution is 5.98. The molecule has 0 bridgehead atoms. The maximum absolute atomic E-state index is 12.8. The van der Waals surface area contributed by atoms with Gasteiger partial charge in [-0.05, 0) is 49.4 Å². The van der Waals surface area contributed by atoms with Crippen molar-refractivity contribution in [1.29, 1.82) is 0 Å². The first-order valence-corrected chi connectivity index (χ1v) is 8.94. The molecule has 1 aromatic carbocycles. The number of amides is 2. The lowest BCUT2D eigenvalue weighted by Gasteiger charge is -2.23. The van der Waals surface area contributed by atoms with E-state index in [9.17, 15) is 19.5 Å². The van der Waals surface area contributed by atoms with Crippen LogP contribution >= 0.6 is 0 Å². The SMILES string of the molecule is O=C(c1ccc(N2CCCC2=O)cc1)N1C[C@@H]2CCC[C@@]2(C(=O)O)C1. The molecule has 2 aliphatic heterocycles. The van der Waals surface area contributed by atoms with Gasteiger partial charge in [0.2, 0.25) is 5.91 Å². The molecule has 6 nitrogen and oxygen atoms in total. The molecular formula is C19H22N2O4. The Morgan fingerprint density at radius 1 is 1.16 bits per heavy atom. The van der Waals surface area contributed by atoms with Gasteiger partial charge in [0.05, 0.1) is 5.41 Å². The molecule has 1 aliphatic carbocycles. The fourth-order valence-corrected chi connectivity index (χ4v) is 4.68. The minimum absolute atomic E-state index is 0.0652. The van der Waals surface area contributed by atoms with Gasteiger partial charge >= 0.3 is 5.97 Å². The average molecular weight is 342 g/mol. The van der Waals surface area contributed by atoms with Crippen LogP contribution in [-0.2, 0) is 9.59 Å². The van der Waals surface area contributed by atoms with Crippen LogP contribution in [0.15, 0.2) is 24.3 Å². The van der Waals surface area contributed by atoms with Gasteiger partial charge in [0.25, 0.3) is 5.91 Å².